The quantitative estimate of drug-likeness (QED) is 0.127. The van der Waals surface area contributed by atoms with Gasteiger partial charge in [-0.1, -0.05) is 165 Å². The first-order valence-electron chi connectivity index (χ1n) is 20.6. The van der Waals surface area contributed by atoms with Crippen molar-refractivity contribution in [2.24, 2.45) is 45.8 Å². The third-order valence-electron chi connectivity index (χ3n) is 12.0. The first kappa shape index (κ1) is 47.1. The molecule has 0 aromatic rings. The van der Waals surface area contributed by atoms with Gasteiger partial charge < -0.3 is 0 Å². The summed E-state index contributed by atoms with van der Waals surface area (Å²) in [6.45, 7) is 42.4. The van der Waals surface area contributed by atoms with E-state index in [-0.39, 0.29) is 0 Å². The van der Waals surface area contributed by atoms with Gasteiger partial charge in [-0.2, -0.15) is 0 Å². The summed E-state index contributed by atoms with van der Waals surface area (Å²) in [6.07, 6.45) is 28.8. The summed E-state index contributed by atoms with van der Waals surface area (Å²) in [7, 11) is 0. The van der Waals surface area contributed by atoms with E-state index in [0.29, 0.717) is 16.2 Å². The van der Waals surface area contributed by atoms with Crippen LogP contribution >= 0.6 is 0 Å². The molecule has 0 aromatic carbocycles. The van der Waals surface area contributed by atoms with Crippen LogP contribution in [0.3, 0.4) is 0 Å². The minimum Gasteiger partial charge on any atom is -0.103 e. The van der Waals surface area contributed by atoms with Gasteiger partial charge in [0.1, 0.15) is 0 Å². The van der Waals surface area contributed by atoms with Crippen molar-refractivity contribution in [2.45, 2.75) is 200 Å². The summed E-state index contributed by atoms with van der Waals surface area (Å²) in [5.41, 5.74) is 4.75. The molecular formula is C46H88. The smallest absolute Gasteiger partial charge is 0.00569 e. The van der Waals surface area contributed by atoms with Crippen molar-refractivity contribution < 1.29 is 0 Å². The second kappa shape index (κ2) is 25.0. The Morgan fingerprint density at radius 1 is 0.870 bits per heavy atom. The van der Waals surface area contributed by atoms with Crippen LogP contribution < -0.4 is 0 Å². The fourth-order valence-electron chi connectivity index (χ4n) is 9.82. The maximum absolute atomic E-state index is 3.74. The molecule has 0 spiro atoms. The van der Waals surface area contributed by atoms with E-state index < -0.39 is 0 Å². The normalized spacial score (nSPS) is 31.7. The zero-order valence-corrected chi connectivity index (χ0v) is 34.6. The molecule has 46 heavy (non-hydrogen) atoms. The van der Waals surface area contributed by atoms with E-state index in [9.17, 15) is 0 Å². The molecule has 0 bridgehead atoms. The minimum atomic E-state index is 0.566. The number of hydrogen-bond acceptors (Lipinski definition) is 0. The molecule has 0 amide bonds. The highest BCUT2D eigenvalue weighted by Crippen LogP contribution is 2.72. The van der Waals surface area contributed by atoms with Crippen LogP contribution in [0.25, 0.3) is 0 Å². The number of rotatable bonds is 10. The molecule has 4 rings (SSSR count). The van der Waals surface area contributed by atoms with Crippen molar-refractivity contribution >= 4 is 0 Å². The van der Waals surface area contributed by atoms with Crippen molar-refractivity contribution in [1.82, 2.24) is 0 Å². The van der Waals surface area contributed by atoms with E-state index in [0.717, 1.165) is 48.0 Å². The molecule has 0 heterocycles. The number of allylic oxidation sites excluding steroid dienone is 5. The minimum absolute atomic E-state index is 0.566. The van der Waals surface area contributed by atoms with Crippen LogP contribution in [0.4, 0.5) is 0 Å². The Balaban J connectivity index is 0. The average Bonchev–Trinajstić information content (AvgIpc) is 3.42. The molecule has 0 N–H and O–H groups in total. The lowest BCUT2D eigenvalue weighted by molar-refractivity contribution is -0.113. The molecule has 0 radical (unpaired) electrons. The Hall–Kier alpha value is -1.04. The van der Waals surface area contributed by atoms with E-state index in [2.05, 4.69) is 81.2 Å². The Kier molecular flexibility index (Phi) is 25.6. The Labute approximate surface area is 293 Å². The summed E-state index contributed by atoms with van der Waals surface area (Å²) in [6, 6.07) is 0. The van der Waals surface area contributed by atoms with Gasteiger partial charge in [0.15, 0.2) is 0 Å². The van der Waals surface area contributed by atoms with Crippen molar-refractivity contribution in [3.63, 3.8) is 0 Å². The predicted octanol–water partition coefficient (Wildman–Crippen LogP) is 16.4. The zero-order valence-electron chi connectivity index (χ0n) is 34.6. The van der Waals surface area contributed by atoms with Gasteiger partial charge >= 0.3 is 0 Å². The van der Waals surface area contributed by atoms with Gasteiger partial charge in [0.25, 0.3) is 0 Å². The van der Waals surface area contributed by atoms with Crippen LogP contribution in [0, 0.1) is 45.8 Å². The summed E-state index contributed by atoms with van der Waals surface area (Å²) < 4.78 is 0. The molecule has 7 atom stereocenters. The SMILES string of the molecule is C=CCCC(=C)C=C.CC.CC.CC.CCC.CCC12CCC(C)CC1=CCC1(C)C2CCC2(C)C(CCCCC(C)C)CCC21. The fraction of sp³-hybridized carbons (Fsp3) is 0.826. The lowest BCUT2D eigenvalue weighted by atomic mass is 9.40. The van der Waals surface area contributed by atoms with E-state index in [4.69, 9.17) is 0 Å². The summed E-state index contributed by atoms with van der Waals surface area (Å²) in [5, 5.41) is 0. The Morgan fingerprint density at radius 2 is 1.48 bits per heavy atom. The van der Waals surface area contributed by atoms with E-state index in [1.54, 1.807) is 6.08 Å². The first-order chi connectivity index (χ1) is 22.0. The van der Waals surface area contributed by atoms with Crippen LogP contribution in [-0.2, 0) is 0 Å². The van der Waals surface area contributed by atoms with Crippen LogP contribution in [0.1, 0.15) is 200 Å². The second-order valence-electron chi connectivity index (χ2n) is 15.3. The van der Waals surface area contributed by atoms with Crippen molar-refractivity contribution in [2.75, 3.05) is 0 Å². The average molecular weight is 641 g/mol. The molecule has 0 heteroatoms. The second-order valence-corrected chi connectivity index (χ2v) is 15.3. The van der Waals surface area contributed by atoms with Gasteiger partial charge in [-0.25, -0.2) is 0 Å². The molecule has 7 unspecified atom stereocenters. The Morgan fingerprint density at radius 3 is 2.00 bits per heavy atom. The number of unbranched alkanes of at least 4 members (excludes halogenated alkanes) is 1. The van der Waals surface area contributed by atoms with Crippen LogP contribution in [0.2, 0.25) is 0 Å². The Bertz CT molecular complexity index is 827. The third-order valence-corrected chi connectivity index (χ3v) is 12.0. The highest BCUT2D eigenvalue weighted by atomic mass is 14.7. The molecule has 4 aliphatic carbocycles. The van der Waals surface area contributed by atoms with Gasteiger partial charge in [-0.05, 0) is 123 Å². The molecule has 0 aliphatic heterocycles. The van der Waals surface area contributed by atoms with Gasteiger partial charge in [-0.3, -0.25) is 0 Å². The van der Waals surface area contributed by atoms with Crippen molar-refractivity contribution in [3.8, 4) is 0 Å². The highest BCUT2D eigenvalue weighted by molar-refractivity contribution is 5.28. The number of fused-ring (bicyclic) bond motifs is 5. The zero-order chi connectivity index (χ0) is 36.0. The predicted molar refractivity (Wildman–Crippen MR) is 216 cm³/mol. The molecule has 3 fully saturated rings. The maximum Gasteiger partial charge on any atom is -0.00569 e. The fourth-order valence-corrected chi connectivity index (χ4v) is 9.82. The van der Waals surface area contributed by atoms with E-state index in [1.165, 1.54) is 89.9 Å². The summed E-state index contributed by atoms with van der Waals surface area (Å²) >= 11 is 0. The standard InChI is InChI=1S/C29H50.C8H12.C3H8.3C2H6/c1-7-29-19-14-22(4)20-24(29)15-17-28(6)25-13-12-23(11-9-8-10-21(2)3)27(25,5)18-16-26(28)29;1-4-6-7-8(3)5-2;1-3-2;3*1-2/h15,21-23,25-26H,7-14,16-20H2,1-6H3;4-5H,1-3,6-7H2;3H2,1-2H3;3*1-2H3. The lowest BCUT2D eigenvalue weighted by Gasteiger charge is -2.64. The third kappa shape index (κ3) is 12.4. The summed E-state index contributed by atoms with van der Waals surface area (Å²) in [4.78, 5) is 0. The highest BCUT2D eigenvalue weighted by Gasteiger charge is 2.63. The van der Waals surface area contributed by atoms with E-state index >= 15 is 0 Å². The van der Waals surface area contributed by atoms with Gasteiger partial charge in [0.05, 0.1) is 0 Å². The van der Waals surface area contributed by atoms with Crippen molar-refractivity contribution in [3.05, 3.63) is 49.1 Å². The summed E-state index contributed by atoms with van der Waals surface area (Å²) in [5.74, 6) is 4.74. The monoisotopic (exact) mass is 641 g/mol. The first-order valence-corrected chi connectivity index (χ1v) is 20.6. The van der Waals surface area contributed by atoms with Crippen LogP contribution in [0.15, 0.2) is 49.1 Å². The van der Waals surface area contributed by atoms with E-state index in [1.807, 2.05) is 53.2 Å². The lowest BCUT2D eigenvalue weighted by Crippen LogP contribution is -2.56. The molecule has 0 aromatic heterocycles. The molecule has 4 aliphatic rings. The molecule has 272 valence electrons. The largest absolute Gasteiger partial charge is 0.103 e. The van der Waals surface area contributed by atoms with Crippen LogP contribution in [0.5, 0.6) is 0 Å². The van der Waals surface area contributed by atoms with Gasteiger partial charge in [0, 0.05) is 0 Å². The number of hydrogen-bond donors (Lipinski definition) is 0. The topological polar surface area (TPSA) is 0 Å². The van der Waals surface area contributed by atoms with Crippen molar-refractivity contribution in [1.29, 1.82) is 0 Å². The van der Waals surface area contributed by atoms with Crippen LogP contribution in [-0.4, -0.2) is 0 Å². The molecule has 3 saturated carbocycles. The molecule has 0 nitrogen and oxygen atoms in total. The van der Waals surface area contributed by atoms with Gasteiger partial charge in [-0.15, -0.1) is 6.58 Å². The van der Waals surface area contributed by atoms with Gasteiger partial charge in [0.2, 0.25) is 0 Å². The molecular weight excluding hydrogens is 553 g/mol. The molecule has 0 saturated heterocycles. The maximum atomic E-state index is 3.74.